The Kier molecular flexibility index (Phi) is 2.96. The molecular weight excluding hydrogens is 224 g/mol. The maximum absolute atomic E-state index is 12.0. The Morgan fingerprint density at radius 3 is 2.50 bits per heavy atom. The van der Waals surface area contributed by atoms with Crippen LogP contribution in [0.2, 0.25) is 0 Å². The van der Waals surface area contributed by atoms with E-state index in [2.05, 4.69) is 9.59 Å². The third-order valence-electron chi connectivity index (χ3n) is 2.21. The normalized spacial score (nSPS) is 10.1. The molecule has 0 bridgehead atoms. The van der Waals surface area contributed by atoms with E-state index in [0.717, 1.165) is 17.3 Å². The number of carbonyl (C=O) groups excluding carboxylic acids is 1. The van der Waals surface area contributed by atoms with Crippen LogP contribution in [0.3, 0.4) is 0 Å². The van der Waals surface area contributed by atoms with Gasteiger partial charge >= 0.3 is 0 Å². The molecule has 0 amide bonds. The van der Waals surface area contributed by atoms with Gasteiger partial charge in [0.15, 0.2) is 0 Å². The van der Waals surface area contributed by atoms with Crippen molar-refractivity contribution in [3.8, 4) is 5.75 Å². The molecule has 2 rings (SSSR count). The maximum Gasteiger partial charge on any atom is 0.206 e. The number of benzene rings is 1. The second kappa shape index (κ2) is 4.40. The lowest BCUT2D eigenvalue weighted by molar-refractivity contribution is 0.104. The Balaban J connectivity index is 2.31. The standard InChI is InChI=1S/C11H10N2O2S/c1-7-11(16-13-12-7)10(14)8-3-5-9(15-2)6-4-8/h3-6H,1-2H3. The van der Waals surface area contributed by atoms with E-state index < -0.39 is 0 Å². The van der Waals surface area contributed by atoms with Gasteiger partial charge < -0.3 is 4.74 Å². The van der Waals surface area contributed by atoms with Gasteiger partial charge in [0.2, 0.25) is 5.78 Å². The molecule has 0 aliphatic rings. The molecule has 0 saturated carbocycles. The number of hydrogen-bond donors (Lipinski definition) is 0. The summed E-state index contributed by atoms with van der Waals surface area (Å²) in [6.45, 7) is 1.78. The molecule has 0 atom stereocenters. The predicted octanol–water partition coefficient (Wildman–Crippen LogP) is 2.09. The Morgan fingerprint density at radius 1 is 1.31 bits per heavy atom. The number of ketones is 1. The minimum Gasteiger partial charge on any atom is -0.497 e. The van der Waals surface area contributed by atoms with Crippen molar-refractivity contribution in [2.75, 3.05) is 7.11 Å². The first kappa shape index (κ1) is 10.8. The second-order valence-electron chi connectivity index (χ2n) is 3.25. The molecule has 82 valence electrons. The van der Waals surface area contributed by atoms with Crippen LogP contribution in [0.15, 0.2) is 24.3 Å². The maximum atomic E-state index is 12.0. The summed E-state index contributed by atoms with van der Waals surface area (Å²) in [6.07, 6.45) is 0. The Hall–Kier alpha value is -1.75. The van der Waals surface area contributed by atoms with E-state index in [0.29, 0.717) is 16.1 Å². The van der Waals surface area contributed by atoms with Gasteiger partial charge in [-0.05, 0) is 42.7 Å². The molecule has 0 saturated heterocycles. The van der Waals surface area contributed by atoms with E-state index in [1.54, 1.807) is 38.3 Å². The van der Waals surface area contributed by atoms with Gasteiger partial charge in [-0.1, -0.05) is 4.49 Å². The zero-order valence-electron chi connectivity index (χ0n) is 8.93. The molecule has 0 unspecified atom stereocenters. The highest BCUT2D eigenvalue weighted by Gasteiger charge is 2.15. The third-order valence-corrected chi connectivity index (χ3v) is 3.04. The third kappa shape index (κ3) is 1.94. The molecule has 0 N–H and O–H groups in total. The van der Waals surface area contributed by atoms with Gasteiger partial charge in [-0.2, -0.15) is 0 Å². The van der Waals surface area contributed by atoms with E-state index in [1.807, 2.05) is 0 Å². The van der Waals surface area contributed by atoms with Crippen molar-refractivity contribution >= 4 is 17.3 Å². The number of hydrogen-bond acceptors (Lipinski definition) is 5. The lowest BCUT2D eigenvalue weighted by Crippen LogP contribution is -2.00. The fraction of sp³-hybridized carbons (Fsp3) is 0.182. The fourth-order valence-corrected chi connectivity index (χ4v) is 1.93. The molecular formula is C11H10N2O2S. The Morgan fingerprint density at radius 2 is 2.00 bits per heavy atom. The minimum absolute atomic E-state index is 0.0462. The molecule has 16 heavy (non-hydrogen) atoms. The van der Waals surface area contributed by atoms with Crippen molar-refractivity contribution in [3.05, 3.63) is 40.4 Å². The molecule has 1 aromatic heterocycles. The zero-order valence-corrected chi connectivity index (χ0v) is 9.75. The van der Waals surface area contributed by atoms with Crippen LogP contribution in [-0.2, 0) is 0 Å². The van der Waals surface area contributed by atoms with E-state index in [4.69, 9.17) is 4.74 Å². The van der Waals surface area contributed by atoms with Crippen molar-refractivity contribution in [3.63, 3.8) is 0 Å². The highest BCUT2D eigenvalue weighted by molar-refractivity contribution is 7.08. The molecule has 5 heteroatoms. The SMILES string of the molecule is COc1ccc(C(=O)c2snnc2C)cc1. The Bertz CT molecular complexity index is 505. The van der Waals surface area contributed by atoms with Gasteiger partial charge in [-0.25, -0.2) is 0 Å². The summed E-state index contributed by atoms with van der Waals surface area (Å²) >= 11 is 1.12. The van der Waals surface area contributed by atoms with Gasteiger partial charge in [-0.15, -0.1) is 5.10 Å². The smallest absolute Gasteiger partial charge is 0.206 e. The summed E-state index contributed by atoms with van der Waals surface area (Å²) in [5.41, 5.74) is 1.29. The second-order valence-corrected chi connectivity index (χ2v) is 4.00. The summed E-state index contributed by atoms with van der Waals surface area (Å²) in [5, 5.41) is 3.82. The molecule has 0 spiro atoms. The Labute approximate surface area is 97.0 Å². The quantitative estimate of drug-likeness (QED) is 0.763. The monoisotopic (exact) mass is 234 g/mol. The van der Waals surface area contributed by atoms with Crippen LogP contribution in [0.5, 0.6) is 5.75 Å². The molecule has 2 aromatic rings. The van der Waals surface area contributed by atoms with E-state index in [-0.39, 0.29) is 5.78 Å². The first-order valence-electron chi connectivity index (χ1n) is 4.70. The van der Waals surface area contributed by atoms with Crippen LogP contribution >= 0.6 is 11.5 Å². The van der Waals surface area contributed by atoms with Crippen molar-refractivity contribution in [1.29, 1.82) is 0 Å². The lowest BCUT2D eigenvalue weighted by atomic mass is 10.1. The van der Waals surface area contributed by atoms with Crippen LogP contribution in [0.4, 0.5) is 0 Å². The van der Waals surface area contributed by atoms with Crippen LogP contribution in [0, 0.1) is 6.92 Å². The highest BCUT2D eigenvalue weighted by Crippen LogP contribution is 2.18. The number of ether oxygens (including phenoxy) is 1. The van der Waals surface area contributed by atoms with Gasteiger partial charge in [0.25, 0.3) is 0 Å². The number of aryl methyl sites for hydroxylation is 1. The molecule has 0 fully saturated rings. The number of aromatic nitrogens is 2. The number of carbonyl (C=O) groups is 1. The molecule has 4 nitrogen and oxygen atoms in total. The average molecular weight is 234 g/mol. The first-order chi connectivity index (χ1) is 7.72. The first-order valence-corrected chi connectivity index (χ1v) is 5.47. The van der Waals surface area contributed by atoms with Crippen LogP contribution in [0.1, 0.15) is 20.9 Å². The number of rotatable bonds is 3. The van der Waals surface area contributed by atoms with Gasteiger partial charge in [0.1, 0.15) is 10.6 Å². The fourth-order valence-electron chi connectivity index (χ4n) is 1.31. The molecule has 0 radical (unpaired) electrons. The van der Waals surface area contributed by atoms with Crippen LogP contribution in [-0.4, -0.2) is 22.5 Å². The van der Waals surface area contributed by atoms with Gasteiger partial charge in [-0.3, -0.25) is 4.79 Å². The topological polar surface area (TPSA) is 52.1 Å². The molecule has 1 heterocycles. The largest absolute Gasteiger partial charge is 0.497 e. The van der Waals surface area contributed by atoms with E-state index in [1.165, 1.54) is 0 Å². The molecule has 0 aliphatic heterocycles. The summed E-state index contributed by atoms with van der Waals surface area (Å²) in [7, 11) is 1.59. The van der Waals surface area contributed by atoms with Crippen molar-refractivity contribution in [1.82, 2.24) is 9.59 Å². The van der Waals surface area contributed by atoms with Crippen LogP contribution < -0.4 is 4.74 Å². The summed E-state index contributed by atoms with van der Waals surface area (Å²) in [5.74, 6) is 0.686. The number of nitrogens with zero attached hydrogens (tertiary/aromatic N) is 2. The minimum atomic E-state index is -0.0462. The zero-order chi connectivity index (χ0) is 11.5. The highest BCUT2D eigenvalue weighted by atomic mass is 32.1. The molecule has 1 aromatic carbocycles. The van der Waals surface area contributed by atoms with Crippen molar-refractivity contribution in [2.45, 2.75) is 6.92 Å². The summed E-state index contributed by atoms with van der Waals surface area (Å²) in [4.78, 5) is 12.6. The van der Waals surface area contributed by atoms with E-state index >= 15 is 0 Å². The summed E-state index contributed by atoms with van der Waals surface area (Å²) < 4.78 is 8.78. The lowest BCUT2D eigenvalue weighted by Gasteiger charge is -2.01. The van der Waals surface area contributed by atoms with Gasteiger partial charge in [0, 0.05) is 5.56 Å². The predicted molar refractivity (Wildman–Crippen MR) is 61.1 cm³/mol. The molecule has 0 aliphatic carbocycles. The van der Waals surface area contributed by atoms with Gasteiger partial charge in [0.05, 0.1) is 12.8 Å². The van der Waals surface area contributed by atoms with Crippen molar-refractivity contribution in [2.24, 2.45) is 0 Å². The van der Waals surface area contributed by atoms with E-state index in [9.17, 15) is 4.79 Å². The van der Waals surface area contributed by atoms with Crippen molar-refractivity contribution < 1.29 is 9.53 Å². The number of methoxy groups -OCH3 is 1. The summed E-state index contributed by atoms with van der Waals surface area (Å²) in [6, 6.07) is 6.99. The average Bonchev–Trinajstić information content (AvgIpc) is 2.75. The van der Waals surface area contributed by atoms with Crippen LogP contribution in [0.25, 0.3) is 0 Å².